The summed E-state index contributed by atoms with van der Waals surface area (Å²) in [5.74, 6) is 1.09. The number of thioether (sulfide) groups is 1. The number of hydrogen-bond donors (Lipinski definition) is 1. The lowest BCUT2D eigenvalue weighted by Crippen LogP contribution is -2.23. The molecular formula is C12H19N3S. The van der Waals surface area contributed by atoms with E-state index < -0.39 is 0 Å². The molecule has 1 N–H and O–H groups in total. The largest absolute Gasteiger partial charge is 0.313 e. The first-order chi connectivity index (χ1) is 7.66. The van der Waals surface area contributed by atoms with Gasteiger partial charge in [-0.1, -0.05) is 11.8 Å². The molecule has 2 heterocycles. The molecule has 1 atom stereocenters. The van der Waals surface area contributed by atoms with Crippen LogP contribution < -0.4 is 5.32 Å². The smallest absolute Gasteiger partial charge is 0.188 e. The van der Waals surface area contributed by atoms with Crippen molar-refractivity contribution in [3.8, 4) is 0 Å². The van der Waals surface area contributed by atoms with Crippen molar-refractivity contribution in [3.05, 3.63) is 17.0 Å². The van der Waals surface area contributed by atoms with Crippen molar-refractivity contribution in [3.63, 3.8) is 0 Å². The lowest BCUT2D eigenvalue weighted by molar-refractivity contribution is 0.672. The molecule has 0 bridgehead atoms. The summed E-state index contributed by atoms with van der Waals surface area (Å²) >= 11 is 1.77. The van der Waals surface area contributed by atoms with Gasteiger partial charge in [-0.25, -0.2) is 9.97 Å². The van der Waals surface area contributed by atoms with Gasteiger partial charge < -0.3 is 5.32 Å². The monoisotopic (exact) mass is 237 g/mol. The van der Waals surface area contributed by atoms with Crippen molar-refractivity contribution in [1.82, 2.24) is 15.3 Å². The Bertz CT molecular complexity index is 350. The summed E-state index contributed by atoms with van der Waals surface area (Å²) in [5, 5.41) is 4.42. The maximum atomic E-state index is 4.52. The van der Waals surface area contributed by atoms with Crippen LogP contribution in [0.2, 0.25) is 0 Å². The summed E-state index contributed by atoms with van der Waals surface area (Å²) in [4.78, 5) is 9.04. The van der Waals surface area contributed by atoms with Crippen LogP contribution in [0.4, 0.5) is 0 Å². The fourth-order valence-corrected chi connectivity index (χ4v) is 2.92. The normalized spacial score (nSPS) is 20.3. The fraction of sp³-hybridized carbons (Fsp3) is 0.667. The zero-order chi connectivity index (χ0) is 11.5. The number of hydrogen-bond acceptors (Lipinski definition) is 4. The van der Waals surface area contributed by atoms with Crippen LogP contribution in [0.25, 0.3) is 0 Å². The zero-order valence-electron chi connectivity index (χ0n) is 10.2. The Morgan fingerprint density at radius 2 is 1.94 bits per heavy atom. The van der Waals surface area contributed by atoms with Gasteiger partial charge in [-0.3, -0.25) is 0 Å². The second-order valence-electron chi connectivity index (χ2n) is 4.41. The molecular weight excluding hydrogens is 218 g/mol. The minimum absolute atomic E-state index is 0.649. The molecule has 88 valence electrons. The van der Waals surface area contributed by atoms with E-state index in [0.29, 0.717) is 6.04 Å². The Morgan fingerprint density at radius 3 is 2.50 bits per heavy atom. The Hall–Kier alpha value is -0.610. The van der Waals surface area contributed by atoms with Crippen LogP contribution in [0.5, 0.6) is 0 Å². The lowest BCUT2D eigenvalue weighted by Gasteiger charge is -2.10. The number of aromatic nitrogens is 2. The first-order valence-corrected chi connectivity index (χ1v) is 6.83. The predicted molar refractivity (Wildman–Crippen MR) is 68.0 cm³/mol. The Labute approximate surface area is 101 Å². The number of nitrogens with one attached hydrogen (secondary N) is 1. The van der Waals surface area contributed by atoms with Crippen LogP contribution in [0.15, 0.2) is 5.16 Å². The van der Waals surface area contributed by atoms with E-state index in [4.69, 9.17) is 0 Å². The first kappa shape index (κ1) is 11.9. The minimum atomic E-state index is 0.649. The number of nitrogens with zero attached hydrogens (tertiary/aromatic N) is 2. The molecule has 0 spiro atoms. The van der Waals surface area contributed by atoms with E-state index in [1.807, 2.05) is 0 Å². The van der Waals surface area contributed by atoms with Gasteiger partial charge in [0.05, 0.1) is 0 Å². The van der Waals surface area contributed by atoms with E-state index >= 15 is 0 Å². The maximum Gasteiger partial charge on any atom is 0.188 e. The molecule has 16 heavy (non-hydrogen) atoms. The van der Waals surface area contributed by atoms with Crippen molar-refractivity contribution in [2.24, 2.45) is 0 Å². The van der Waals surface area contributed by atoms with Gasteiger partial charge in [0.2, 0.25) is 0 Å². The quantitative estimate of drug-likeness (QED) is 0.646. The molecule has 3 nitrogen and oxygen atoms in total. The van der Waals surface area contributed by atoms with Gasteiger partial charge in [0.25, 0.3) is 0 Å². The molecule has 1 aliphatic heterocycles. The second-order valence-corrected chi connectivity index (χ2v) is 5.39. The minimum Gasteiger partial charge on any atom is -0.313 e. The lowest BCUT2D eigenvalue weighted by atomic mass is 10.2. The van der Waals surface area contributed by atoms with Gasteiger partial charge in [0, 0.05) is 23.2 Å². The topological polar surface area (TPSA) is 37.8 Å². The van der Waals surface area contributed by atoms with E-state index in [1.54, 1.807) is 11.8 Å². The summed E-state index contributed by atoms with van der Waals surface area (Å²) in [5.41, 5.74) is 3.42. The van der Waals surface area contributed by atoms with E-state index in [0.717, 1.165) is 28.8 Å². The average molecular weight is 237 g/mol. The van der Waals surface area contributed by atoms with Crippen LogP contribution in [0.1, 0.15) is 29.8 Å². The van der Waals surface area contributed by atoms with Crippen LogP contribution in [-0.2, 0) is 0 Å². The van der Waals surface area contributed by atoms with Crippen LogP contribution >= 0.6 is 11.8 Å². The van der Waals surface area contributed by atoms with E-state index in [1.165, 1.54) is 18.4 Å². The van der Waals surface area contributed by atoms with Crippen molar-refractivity contribution in [2.75, 3.05) is 12.3 Å². The highest BCUT2D eigenvalue weighted by molar-refractivity contribution is 7.99. The summed E-state index contributed by atoms with van der Waals surface area (Å²) in [7, 11) is 0. The molecule has 1 fully saturated rings. The molecule has 4 heteroatoms. The number of aryl methyl sites for hydroxylation is 2. The molecule has 0 aromatic carbocycles. The molecule has 0 unspecified atom stereocenters. The zero-order valence-corrected chi connectivity index (χ0v) is 11.0. The SMILES string of the molecule is Cc1nc(SC[C@@H]2CCCN2)nc(C)c1C. The van der Waals surface area contributed by atoms with E-state index in [9.17, 15) is 0 Å². The van der Waals surface area contributed by atoms with Crippen LogP contribution in [-0.4, -0.2) is 28.3 Å². The standard InChI is InChI=1S/C12H19N3S/c1-8-9(2)14-12(15-10(8)3)16-7-11-5-4-6-13-11/h11,13H,4-7H2,1-3H3/t11-/m0/s1. The third-order valence-corrected chi connectivity index (χ3v) is 4.20. The van der Waals surface area contributed by atoms with Gasteiger partial charge in [0.15, 0.2) is 5.16 Å². The Balaban J connectivity index is 1.98. The maximum absolute atomic E-state index is 4.52. The summed E-state index contributed by atoms with van der Waals surface area (Å²) in [6.07, 6.45) is 2.59. The molecule has 1 aromatic rings. The molecule has 1 aliphatic rings. The van der Waals surface area contributed by atoms with Crippen molar-refractivity contribution in [2.45, 2.75) is 44.8 Å². The second kappa shape index (κ2) is 5.15. The Morgan fingerprint density at radius 1 is 1.25 bits per heavy atom. The summed E-state index contributed by atoms with van der Waals surface area (Å²) in [6, 6.07) is 0.649. The van der Waals surface area contributed by atoms with Gasteiger partial charge in [-0.2, -0.15) is 0 Å². The van der Waals surface area contributed by atoms with Crippen molar-refractivity contribution < 1.29 is 0 Å². The Kier molecular flexibility index (Phi) is 3.82. The highest BCUT2D eigenvalue weighted by atomic mass is 32.2. The van der Waals surface area contributed by atoms with Gasteiger partial charge in [-0.15, -0.1) is 0 Å². The molecule has 0 radical (unpaired) electrons. The highest BCUT2D eigenvalue weighted by Gasteiger charge is 2.15. The third kappa shape index (κ3) is 2.74. The molecule has 1 aromatic heterocycles. The predicted octanol–water partition coefficient (Wildman–Crippen LogP) is 2.25. The molecule has 0 amide bonds. The fourth-order valence-electron chi connectivity index (χ4n) is 1.88. The van der Waals surface area contributed by atoms with Crippen LogP contribution in [0.3, 0.4) is 0 Å². The summed E-state index contributed by atoms with van der Waals surface area (Å²) < 4.78 is 0. The van der Waals surface area contributed by atoms with Crippen LogP contribution in [0, 0.1) is 20.8 Å². The average Bonchev–Trinajstić information content (AvgIpc) is 2.75. The van der Waals surface area contributed by atoms with Gasteiger partial charge >= 0.3 is 0 Å². The van der Waals surface area contributed by atoms with E-state index in [2.05, 4.69) is 36.1 Å². The van der Waals surface area contributed by atoms with Crippen molar-refractivity contribution >= 4 is 11.8 Å². The molecule has 0 aliphatic carbocycles. The highest BCUT2D eigenvalue weighted by Crippen LogP contribution is 2.20. The summed E-state index contributed by atoms with van der Waals surface area (Å²) in [6.45, 7) is 7.36. The number of rotatable bonds is 3. The molecule has 0 saturated carbocycles. The van der Waals surface area contributed by atoms with Gasteiger partial charge in [0.1, 0.15) is 0 Å². The third-order valence-electron chi connectivity index (χ3n) is 3.19. The molecule has 2 rings (SSSR count). The first-order valence-electron chi connectivity index (χ1n) is 5.85. The van der Waals surface area contributed by atoms with Gasteiger partial charge in [-0.05, 0) is 45.7 Å². The van der Waals surface area contributed by atoms with Crippen molar-refractivity contribution in [1.29, 1.82) is 0 Å². The molecule has 1 saturated heterocycles. The van der Waals surface area contributed by atoms with E-state index in [-0.39, 0.29) is 0 Å².